The number of amides is 1. The van der Waals surface area contributed by atoms with E-state index in [9.17, 15) is 9.90 Å². The lowest BCUT2D eigenvalue weighted by Gasteiger charge is -2.17. The van der Waals surface area contributed by atoms with Crippen molar-refractivity contribution in [3.8, 4) is 11.5 Å². The van der Waals surface area contributed by atoms with E-state index in [-0.39, 0.29) is 11.7 Å². The number of ether oxygens (including phenoxy) is 1. The largest absolute Gasteiger partial charge is 0.508 e. The van der Waals surface area contributed by atoms with E-state index in [4.69, 9.17) is 4.74 Å². The lowest BCUT2D eigenvalue weighted by atomic mass is 10.1. The van der Waals surface area contributed by atoms with Crippen LogP contribution in [0.15, 0.2) is 30.5 Å². The molecule has 1 heterocycles. The van der Waals surface area contributed by atoms with Crippen molar-refractivity contribution >= 4 is 5.91 Å². The summed E-state index contributed by atoms with van der Waals surface area (Å²) in [6.45, 7) is 1.06. The minimum Gasteiger partial charge on any atom is -0.508 e. The van der Waals surface area contributed by atoms with Gasteiger partial charge in [-0.25, -0.2) is 0 Å². The Balaban J connectivity index is 1.69. The van der Waals surface area contributed by atoms with E-state index >= 15 is 0 Å². The van der Waals surface area contributed by atoms with Crippen LogP contribution in [0.25, 0.3) is 0 Å². The van der Waals surface area contributed by atoms with Crippen LogP contribution >= 0.6 is 0 Å². The molecule has 1 aromatic heterocycles. The second-order valence-corrected chi connectivity index (χ2v) is 5.71. The van der Waals surface area contributed by atoms with Gasteiger partial charge in [-0.05, 0) is 37.0 Å². The van der Waals surface area contributed by atoms with E-state index in [1.165, 1.54) is 25.0 Å². The first-order valence-electron chi connectivity index (χ1n) is 7.32. The number of carbonyl (C=O) groups is 1. The number of aromatic amines is 1. The van der Waals surface area contributed by atoms with Gasteiger partial charge in [0.1, 0.15) is 11.5 Å². The predicted octanol–water partition coefficient (Wildman–Crippen LogP) is 2.18. The molecule has 1 aromatic carbocycles. The molecule has 0 radical (unpaired) electrons. The van der Waals surface area contributed by atoms with Crippen LogP contribution < -0.4 is 4.74 Å². The van der Waals surface area contributed by atoms with E-state index in [2.05, 4.69) is 10.2 Å². The molecule has 116 valence electrons. The van der Waals surface area contributed by atoms with Crippen LogP contribution in [-0.2, 0) is 6.54 Å². The molecule has 0 spiro atoms. The average Bonchev–Trinajstić information content (AvgIpc) is 3.19. The number of aromatic hydroxyl groups is 1. The SMILES string of the molecule is CN(Cc1ccn[nH]1)C(=O)c1cc(O)cc(OCC2CC2)c1. The lowest BCUT2D eigenvalue weighted by molar-refractivity contribution is 0.0782. The minimum absolute atomic E-state index is 0.0339. The molecule has 0 unspecified atom stereocenters. The van der Waals surface area contributed by atoms with Crippen molar-refractivity contribution in [2.45, 2.75) is 19.4 Å². The van der Waals surface area contributed by atoms with E-state index in [1.54, 1.807) is 24.2 Å². The van der Waals surface area contributed by atoms with Crippen molar-refractivity contribution in [2.75, 3.05) is 13.7 Å². The van der Waals surface area contributed by atoms with E-state index < -0.39 is 0 Å². The third-order valence-corrected chi connectivity index (χ3v) is 3.63. The molecule has 22 heavy (non-hydrogen) atoms. The van der Waals surface area contributed by atoms with Crippen molar-refractivity contribution in [3.05, 3.63) is 41.7 Å². The Labute approximate surface area is 128 Å². The Kier molecular flexibility index (Phi) is 4.00. The summed E-state index contributed by atoms with van der Waals surface area (Å²) in [5, 5.41) is 16.5. The topological polar surface area (TPSA) is 78.5 Å². The van der Waals surface area contributed by atoms with Crippen LogP contribution in [0.3, 0.4) is 0 Å². The van der Waals surface area contributed by atoms with Crippen LogP contribution in [0, 0.1) is 5.92 Å². The number of rotatable bonds is 6. The van der Waals surface area contributed by atoms with Gasteiger partial charge in [-0.15, -0.1) is 0 Å². The van der Waals surface area contributed by atoms with E-state index in [0.717, 1.165) is 5.69 Å². The molecule has 1 saturated carbocycles. The molecule has 2 N–H and O–H groups in total. The summed E-state index contributed by atoms with van der Waals surface area (Å²) in [6.07, 6.45) is 4.03. The van der Waals surface area contributed by atoms with Gasteiger partial charge in [-0.2, -0.15) is 5.10 Å². The van der Waals surface area contributed by atoms with Gasteiger partial charge in [-0.3, -0.25) is 9.89 Å². The van der Waals surface area contributed by atoms with E-state index in [0.29, 0.717) is 30.4 Å². The standard InChI is InChI=1S/C16H19N3O3/c1-19(9-13-4-5-17-18-13)16(21)12-6-14(20)8-15(7-12)22-10-11-2-3-11/h4-8,11,20H,2-3,9-10H2,1H3,(H,17,18). The van der Waals surface area contributed by atoms with Gasteiger partial charge < -0.3 is 14.7 Å². The van der Waals surface area contributed by atoms with Gasteiger partial charge >= 0.3 is 0 Å². The molecule has 2 aromatic rings. The Morgan fingerprint density at radius 3 is 2.95 bits per heavy atom. The lowest BCUT2D eigenvalue weighted by Crippen LogP contribution is -2.26. The quantitative estimate of drug-likeness (QED) is 0.857. The summed E-state index contributed by atoms with van der Waals surface area (Å²) < 4.78 is 5.64. The molecule has 1 aliphatic carbocycles. The highest BCUT2D eigenvalue weighted by atomic mass is 16.5. The van der Waals surface area contributed by atoms with Crippen LogP contribution in [0.1, 0.15) is 28.9 Å². The number of benzene rings is 1. The summed E-state index contributed by atoms with van der Waals surface area (Å²) in [7, 11) is 1.71. The predicted molar refractivity (Wildman–Crippen MR) is 80.7 cm³/mol. The first kappa shape index (κ1) is 14.4. The maximum atomic E-state index is 12.5. The summed E-state index contributed by atoms with van der Waals surface area (Å²) in [4.78, 5) is 14.0. The van der Waals surface area contributed by atoms with Crippen LogP contribution in [0.4, 0.5) is 0 Å². The number of hydrogen-bond acceptors (Lipinski definition) is 4. The number of nitrogens with one attached hydrogen (secondary N) is 1. The highest BCUT2D eigenvalue weighted by Crippen LogP contribution is 2.30. The number of nitrogens with zero attached hydrogens (tertiary/aromatic N) is 2. The van der Waals surface area contributed by atoms with Crippen LogP contribution in [0.5, 0.6) is 11.5 Å². The van der Waals surface area contributed by atoms with Crippen molar-refractivity contribution in [1.29, 1.82) is 0 Å². The fraction of sp³-hybridized carbons (Fsp3) is 0.375. The fourth-order valence-corrected chi connectivity index (χ4v) is 2.21. The molecule has 1 amide bonds. The molecule has 3 rings (SSSR count). The molecule has 0 atom stereocenters. The maximum Gasteiger partial charge on any atom is 0.254 e. The van der Waals surface area contributed by atoms with Gasteiger partial charge in [0.15, 0.2) is 0 Å². The maximum absolute atomic E-state index is 12.5. The summed E-state index contributed by atoms with van der Waals surface area (Å²) >= 11 is 0. The van der Waals surface area contributed by atoms with Gasteiger partial charge in [-0.1, -0.05) is 0 Å². The van der Waals surface area contributed by atoms with Gasteiger partial charge in [0, 0.05) is 24.9 Å². The third-order valence-electron chi connectivity index (χ3n) is 3.63. The zero-order chi connectivity index (χ0) is 15.5. The number of carbonyl (C=O) groups excluding carboxylic acids is 1. The van der Waals surface area contributed by atoms with E-state index in [1.807, 2.05) is 6.07 Å². The summed E-state index contributed by atoms with van der Waals surface area (Å²) in [5.41, 5.74) is 1.26. The van der Waals surface area contributed by atoms with Crippen LogP contribution in [-0.4, -0.2) is 39.8 Å². The molecule has 0 aliphatic heterocycles. The molecule has 1 fully saturated rings. The first-order chi connectivity index (χ1) is 10.6. The molecular weight excluding hydrogens is 282 g/mol. The molecular formula is C16H19N3O3. The highest BCUT2D eigenvalue weighted by molar-refractivity contribution is 5.94. The molecule has 0 saturated heterocycles. The zero-order valence-electron chi connectivity index (χ0n) is 12.5. The second kappa shape index (κ2) is 6.09. The Morgan fingerprint density at radius 1 is 1.45 bits per heavy atom. The second-order valence-electron chi connectivity index (χ2n) is 5.71. The molecule has 1 aliphatic rings. The Bertz CT molecular complexity index is 651. The van der Waals surface area contributed by atoms with Gasteiger partial charge in [0.05, 0.1) is 18.8 Å². The molecule has 6 nitrogen and oxygen atoms in total. The first-order valence-corrected chi connectivity index (χ1v) is 7.32. The van der Waals surface area contributed by atoms with Crippen LogP contribution in [0.2, 0.25) is 0 Å². The van der Waals surface area contributed by atoms with Crippen molar-refractivity contribution in [1.82, 2.24) is 15.1 Å². The number of phenols is 1. The number of aromatic nitrogens is 2. The van der Waals surface area contributed by atoms with Gasteiger partial charge in [0.2, 0.25) is 0 Å². The van der Waals surface area contributed by atoms with Crippen molar-refractivity contribution in [2.24, 2.45) is 5.92 Å². The highest BCUT2D eigenvalue weighted by Gasteiger charge is 2.22. The average molecular weight is 301 g/mol. The summed E-state index contributed by atoms with van der Waals surface area (Å²) in [6, 6.07) is 6.48. The normalized spacial score (nSPS) is 13.9. The Morgan fingerprint density at radius 2 is 2.27 bits per heavy atom. The number of phenolic OH excluding ortho intramolecular Hbond substituents is 1. The van der Waals surface area contributed by atoms with Crippen molar-refractivity contribution in [3.63, 3.8) is 0 Å². The van der Waals surface area contributed by atoms with Crippen molar-refractivity contribution < 1.29 is 14.6 Å². The summed E-state index contributed by atoms with van der Waals surface area (Å²) in [5.74, 6) is 1.00. The van der Waals surface area contributed by atoms with Gasteiger partial charge in [0.25, 0.3) is 5.91 Å². The minimum atomic E-state index is -0.179. The number of hydrogen-bond donors (Lipinski definition) is 2. The third kappa shape index (κ3) is 3.58. The molecule has 0 bridgehead atoms. The Hall–Kier alpha value is -2.50. The fourth-order valence-electron chi connectivity index (χ4n) is 2.21. The zero-order valence-corrected chi connectivity index (χ0v) is 12.5. The molecule has 6 heteroatoms. The monoisotopic (exact) mass is 301 g/mol. The smallest absolute Gasteiger partial charge is 0.254 e. The number of H-pyrrole nitrogens is 1.